The summed E-state index contributed by atoms with van der Waals surface area (Å²) in [6, 6.07) is 0. The van der Waals surface area contributed by atoms with Crippen LogP contribution in [0.4, 0.5) is 0 Å². The van der Waals surface area contributed by atoms with Crippen molar-refractivity contribution >= 4 is 6.29 Å². The van der Waals surface area contributed by atoms with Gasteiger partial charge < -0.3 is 15.0 Å². The van der Waals surface area contributed by atoms with Gasteiger partial charge in [0.15, 0.2) is 0 Å². The lowest BCUT2D eigenvalue weighted by Crippen LogP contribution is -2.05. The molecule has 0 rings (SSSR count). The van der Waals surface area contributed by atoms with Crippen LogP contribution < -0.4 is 0 Å². The molecule has 3 nitrogen and oxygen atoms in total. The van der Waals surface area contributed by atoms with Crippen LogP contribution in [0.5, 0.6) is 0 Å². The van der Waals surface area contributed by atoms with Gasteiger partial charge in [-0.25, -0.2) is 0 Å². The van der Waals surface area contributed by atoms with Crippen LogP contribution >= 0.6 is 0 Å². The molecule has 2 atom stereocenters. The van der Waals surface area contributed by atoms with Gasteiger partial charge in [0, 0.05) is 6.42 Å². The van der Waals surface area contributed by atoms with Gasteiger partial charge in [-0.2, -0.15) is 0 Å². The summed E-state index contributed by atoms with van der Waals surface area (Å²) in [5.74, 6) is 0. The molecule has 0 aromatic carbocycles. The fourth-order valence-electron chi connectivity index (χ4n) is 3.53. The Balaban J connectivity index is 3.43. The smallest absolute Gasteiger partial charge is 0.120 e. The predicted octanol–water partition coefficient (Wildman–Crippen LogP) is 7.62. The number of aldehydes is 1. The SMILES string of the molecule is CCCCC/C=C\CCCCCCCCC(O)C/C=C\CCC(O)C/C=C\CCC=O. The van der Waals surface area contributed by atoms with E-state index < -0.39 is 0 Å². The Morgan fingerprint density at radius 3 is 1.71 bits per heavy atom. The first kappa shape index (κ1) is 29.8. The maximum Gasteiger partial charge on any atom is 0.120 e. The molecule has 0 spiro atoms. The second-order valence-electron chi connectivity index (χ2n) is 8.71. The highest BCUT2D eigenvalue weighted by Crippen LogP contribution is 2.12. The average molecular weight is 435 g/mol. The molecular weight excluding hydrogens is 384 g/mol. The molecule has 0 saturated carbocycles. The summed E-state index contributed by atoms with van der Waals surface area (Å²) >= 11 is 0. The van der Waals surface area contributed by atoms with Gasteiger partial charge in [-0.15, -0.1) is 0 Å². The molecule has 3 heteroatoms. The summed E-state index contributed by atoms with van der Waals surface area (Å²) in [5.41, 5.74) is 0. The minimum atomic E-state index is -0.330. The highest BCUT2D eigenvalue weighted by molar-refractivity contribution is 5.49. The van der Waals surface area contributed by atoms with Crippen LogP contribution in [0.1, 0.15) is 122 Å². The van der Waals surface area contributed by atoms with Gasteiger partial charge in [0.05, 0.1) is 12.2 Å². The molecule has 0 bridgehead atoms. The van der Waals surface area contributed by atoms with Gasteiger partial charge in [-0.05, 0) is 64.2 Å². The number of unbranched alkanes of at least 4 members (excludes halogenated alkanes) is 10. The number of aliphatic hydroxyl groups is 2. The number of rotatable bonds is 23. The molecule has 0 fully saturated rings. The molecule has 0 aromatic rings. The number of allylic oxidation sites excluding steroid dienone is 4. The molecule has 2 unspecified atom stereocenters. The number of hydrogen-bond acceptors (Lipinski definition) is 3. The standard InChI is InChI=1S/C28H50O3/c1-2-3-4-5-6-7-8-9-10-11-12-13-17-22-27(30)24-19-16-20-25-28(31)23-18-14-15-21-26-29/h6-7,14,16,18-19,26-28,30-31H,2-5,8-13,15,17,20-25H2,1H3/b7-6-,18-14-,19-16-. The lowest BCUT2D eigenvalue weighted by molar-refractivity contribution is -0.107. The molecule has 0 amide bonds. The van der Waals surface area contributed by atoms with Crippen molar-refractivity contribution in [2.45, 2.75) is 135 Å². The van der Waals surface area contributed by atoms with Crippen LogP contribution in [-0.4, -0.2) is 28.7 Å². The van der Waals surface area contributed by atoms with Gasteiger partial charge in [0.25, 0.3) is 0 Å². The van der Waals surface area contributed by atoms with E-state index in [0.29, 0.717) is 19.3 Å². The van der Waals surface area contributed by atoms with Gasteiger partial charge >= 0.3 is 0 Å². The molecule has 0 aliphatic rings. The van der Waals surface area contributed by atoms with Gasteiger partial charge in [-0.3, -0.25) is 0 Å². The van der Waals surface area contributed by atoms with E-state index in [0.717, 1.165) is 38.4 Å². The Kier molecular flexibility index (Phi) is 24.1. The summed E-state index contributed by atoms with van der Waals surface area (Å²) in [6.07, 6.45) is 32.2. The maximum absolute atomic E-state index is 10.2. The molecule has 0 aliphatic carbocycles. The summed E-state index contributed by atoms with van der Waals surface area (Å²) < 4.78 is 0. The van der Waals surface area contributed by atoms with E-state index in [1.165, 1.54) is 64.2 Å². The van der Waals surface area contributed by atoms with Crippen molar-refractivity contribution in [2.75, 3.05) is 0 Å². The topological polar surface area (TPSA) is 57.5 Å². The van der Waals surface area contributed by atoms with E-state index in [1.54, 1.807) is 0 Å². The van der Waals surface area contributed by atoms with Crippen molar-refractivity contribution in [3.05, 3.63) is 36.5 Å². The third-order valence-corrected chi connectivity index (χ3v) is 5.57. The zero-order chi connectivity index (χ0) is 22.8. The molecule has 0 saturated heterocycles. The van der Waals surface area contributed by atoms with Crippen molar-refractivity contribution in [1.29, 1.82) is 0 Å². The largest absolute Gasteiger partial charge is 0.393 e. The van der Waals surface area contributed by atoms with E-state index in [1.807, 2.05) is 18.2 Å². The first-order valence-electron chi connectivity index (χ1n) is 12.9. The van der Waals surface area contributed by atoms with Crippen LogP contribution in [0, 0.1) is 0 Å². The van der Waals surface area contributed by atoms with Crippen molar-refractivity contribution < 1.29 is 15.0 Å². The van der Waals surface area contributed by atoms with E-state index in [9.17, 15) is 15.0 Å². The zero-order valence-corrected chi connectivity index (χ0v) is 20.2. The first-order chi connectivity index (χ1) is 15.2. The second kappa shape index (κ2) is 25.1. The molecule has 0 radical (unpaired) electrons. The minimum absolute atomic E-state index is 0.236. The Hall–Kier alpha value is -1.19. The molecule has 0 heterocycles. The van der Waals surface area contributed by atoms with Crippen molar-refractivity contribution in [2.24, 2.45) is 0 Å². The number of carbonyl (C=O) groups is 1. The quantitative estimate of drug-likeness (QED) is 0.0987. The summed E-state index contributed by atoms with van der Waals surface area (Å²) in [5, 5.41) is 20.0. The molecule has 2 N–H and O–H groups in total. The molecule has 0 aromatic heterocycles. The zero-order valence-electron chi connectivity index (χ0n) is 20.2. The third-order valence-electron chi connectivity index (χ3n) is 5.57. The van der Waals surface area contributed by atoms with Crippen LogP contribution in [0.3, 0.4) is 0 Å². The lowest BCUT2D eigenvalue weighted by Gasteiger charge is -2.08. The molecular formula is C28H50O3. The minimum Gasteiger partial charge on any atom is -0.393 e. The lowest BCUT2D eigenvalue weighted by atomic mass is 10.0. The summed E-state index contributed by atoms with van der Waals surface area (Å²) in [6.45, 7) is 2.25. The van der Waals surface area contributed by atoms with Crippen LogP contribution in [0.2, 0.25) is 0 Å². The Bertz CT molecular complexity index is 453. The Morgan fingerprint density at radius 1 is 0.548 bits per heavy atom. The number of aliphatic hydroxyl groups excluding tert-OH is 2. The highest BCUT2D eigenvalue weighted by atomic mass is 16.3. The van der Waals surface area contributed by atoms with Crippen LogP contribution in [0.15, 0.2) is 36.5 Å². The third kappa shape index (κ3) is 24.9. The monoisotopic (exact) mass is 434 g/mol. The van der Waals surface area contributed by atoms with E-state index in [2.05, 4.69) is 25.2 Å². The molecule has 31 heavy (non-hydrogen) atoms. The highest BCUT2D eigenvalue weighted by Gasteiger charge is 2.02. The normalized spacial score (nSPS) is 14.2. The fraction of sp³-hybridized carbons (Fsp3) is 0.750. The fourth-order valence-corrected chi connectivity index (χ4v) is 3.53. The predicted molar refractivity (Wildman–Crippen MR) is 134 cm³/mol. The van der Waals surface area contributed by atoms with Crippen LogP contribution in [0.25, 0.3) is 0 Å². The van der Waals surface area contributed by atoms with E-state index >= 15 is 0 Å². The average Bonchev–Trinajstić information content (AvgIpc) is 2.76. The maximum atomic E-state index is 10.2. The Labute approximate surface area is 192 Å². The molecule has 180 valence electrons. The summed E-state index contributed by atoms with van der Waals surface area (Å²) in [7, 11) is 0. The number of hydrogen-bond donors (Lipinski definition) is 2. The van der Waals surface area contributed by atoms with Crippen LogP contribution in [-0.2, 0) is 4.79 Å². The van der Waals surface area contributed by atoms with Crippen molar-refractivity contribution in [3.8, 4) is 0 Å². The van der Waals surface area contributed by atoms with Crippen molar-refractivity contribution in [3.63, 3.8) is 0 Å². The molecule has 0 aliphatic heterocycles. The van der Waals surface area contributed by atoms with Crippen molar-refractivity contribution in [1.82, 2.24) is 0 Å². The first-order valence-corrected chi connectivity index (χ1v) is 12.9. The second-order valence-corrected chi connectivity index (χ2v) is 8.71. The van der Waals surface area contributed by atoms with E-state index in [4.69, 9.17) is 0 Å². The van der Waals surface area contributed by atoms with Gasteiger partial charge in [0.1, 0.15) is 6.29 Å². The van der Waals surface area contributed by atoms with Gasteiger partial charge in [0.2, 0.25) is 0 Å². The summed E-state index contributed by atoms with van der Waals surface area (Å²) in [4.78, 5) is 10.2. The Morgan fingerprint density at radius 2 is 1.06 bits per heavy atom. The van der Waals surface area contributed by atoms with Gasteiger partial charge in [-0.1, -0.05) is 88.3 Å². The number of carbonyl (C=O) groups excluding carboxylic acids is 1. The van der Waals surface area contributed by atoms with E-state index in [-0.39, 0.29) is 12.2 Å².